The van der Waals surface area contributed by atoms with Crippen LogP contribution in [0.2, 0.25) is 0 Å². The van der Waals surface area contributed by atoms with E-state index in [1.165, 1.54) is 32.1 Å². The number of hydrogen-bond acceptors (Lipinski definition) is 1. The van der Waals surface area contributed by atoms with Gasteiger partial charge in [-0.3, -0.25) is 4.79 Å². The summed E-state index contributed by atoms with van der Waals surface area (Å²) >= 11 is 0. The van der Waals surface area contributed by atoms with Gasteiger partial charge in [-0.05, 0) is 18.6 Å². The van der Waals surface area contributed by atoms with Crippen LogP contribution >= 0.6 is 0 Å². The van der Waals surface area contributed by atoms with E-state index >= 15 is 0 Å². The van der Waals surface area contributed by atoms with Crippen molar-refractivity contribution < 1.29 is 4.79 Å². The number of carbonyl (C=O) groups is 1. The highest BCUT2D eigenvalue weighted by atomic mass is 16.1. The zero-order valence-electron chi connectivity index (χ0n) is 10.5. The Morgan fingerprint density at radius 1 is 1.19 bits per heavy atom. The van der Waals surface area contributed by atoms with Crippen molar-refractivity contribution in [1.29, 1.82) is 0 Å². The molecule has 1 heterocycles. The Morgan fingerprint density at radius 3 is 2.50 bits per heavy atom. The Labute approximate surface area is 98.7 Å². The van der Waals surface area contributed by atoms with Gasteiger partial charge in [-0.2, -0.15) is 0 Å². The van der Waals surface area contributed by atoms with Crippen LogP contribution in [0.4, 0.5) is 0 Å². The summed E-state index contributed by atoms with van der Waals surface area (Å²) in [5, 5.41) is 0. The van der Waals surface area contributed by atoms with Crippen LogP contribution in [0, 0.1) is 0 Å². The number of aromatic nitrogens is 1. The normalized spacial score (nSPS) is 10.6. The summed E-state index contributed by atoms with van der Waals surface area (Å²) in [6, 6.07) is 3.83. The predicted octanol–water partition coefficient (Wildman–Crippen LogP) is 3.96. The van der Waals surface area contributed by atoms with Crippen LogP contribution in [0.1, 0.15) is 62.4 Å². The molecule has 0 N–H and O–H groups in total. The molecule has 0 aromatic carbocycles. The van der Waals surface area contributed by atoms with Crippen molar-refractivity contribution in [3.05, 3.63) is 24.0 Å². The highest BCUT2D eigenvalue weighted by molar-refractivity contribution is 5.94. The number of aryl methyl sites for hydroxylation is 1. The van der Waals surface area contributed by atoms with E-state index in [2.05, 4.69) is 6.92 Å². The van der Waals surface area contributed by atoms with E-state index in [-0.39, 0.29) is 5.78 Å². The third kappa shape index (κ3) is 4.21. The number of nitrogens with zero attached hydrogens (tertiary/aromatic N) is 1. The molecule has 2 heteroatoms. The molecule has 16 heavy (non-hydrogen) atoms. The number of carbonyl (C=O) groups excluding carboxylic acids is 1. The molecule has 1 aromatic rings. The van der Waals surface area contributed by atoms with E-state index in [9.17, 15) is 4.79 Å². The molecule has 0 saturated carbocycles. The van der Waals surface area contributed by atoms with E-state index in [1.54, 1.807) is 0 Å². The topological polar surface area (TPSA) is 22.0 Å². The minimum Gasteiger partial charge on any atom is -0.348 e. The van der Waals surface area contributed by atoms with E-state index in [4.69, 9.17) is 0 Å². The number of Topliss-reactive ketones (excluding diaryl/α,β-unsaturated/α-hetero) is 1. The molecule has 0 spiro atoms. The Hall–Kier alpha value is -1.05. The van der Waals surface area contributed by atoms with Gasteiger partial charge in [0.2, 0.25) is 0 Å². The fourth-order valence-electron chi connectivity index (χ4n) is 1.94. The fraction of sp³-hybridized carbons (Fsp3) is 0.643. The van der Waals surface area contributed by atoms with Crippen molar-refractivity contribution in [2.24, 2.45) is 7.05 Å². The van der Waals surface area contributed by atoms with E-state index in [0.717, 1.165) is 12.1 Å². The number of unbranched alkanes of at least 4 members (excludes halogenated alkanes) is 5. The lowest BCUT2D eigenvalue weighted by molar-refractivity contribution is 0.0971. The molecular formula is C14H23NO. The standard InChI is InChI=1S/C14H23NO/c1-3-4-5-6-7-8-11-14(16)13-10-9-12-15(13)2/h9-10,12H,3-8,11H2,1-2H3. The quantitative estimate of drug-likeness (QED) is 0.481. The molecule has 1 aromatic heterocycles. The average Bonchev–Trinajstić information content (AvgIpc) is 2.69. The molecule has 2 nitrogen and oxygen atoms in total. The molecule has 0 aliphatic heterocycles. The number of hydrogen-bond donors (Lipinski definition) is 0. The summed E-state index contributed by atoms with van der Waals surface area (Å²) in [5.74, 6) is 0.281. The second kappa shape index (κ2) is 7.26. The molecule has 90 valence electrons. The minimum atomic E-state index is 0.281. The summed E-state index contributed by atoms with van der Waals surface area (Å²) in [7, 11) is 1.93. The molecule has 0 unspecified atom stereocenters. The SMILES string of the molecule is CCCCCCCCC(=O)c1cccn1C. The lowest BCUT2D eigenvalue weighted by Crippen LogP contribution is -2.04. The first-order valence-electron chi connectivity index (χ1n) is 6.40. The van der Waals surface area contributed by atoms with Gasteiger partial charge in [0.1, 0.15) is 0 Å². The molecule has 1 rings (SSSR count). The Bertz CT molecular complexity index is 314. The first kappa shape index (κ1) is 13.0. The van der Waals surface area contributed by atoms with Gasteiger partial charge in [0.15, 0.2) is 5.78 Å². The van der Waals surface area contributed by atoms with Crippen molar-refractivity contribution in [3.8, 4) is 0 Å². The highest BCUT2D eigenvalue weighted by Gasteiger charge is 2.07. The third-order valence-corrected chi connectivity index (χ3v) is 2.99. The second-order valence-corrected chi connectivity index (χ2v) is 4.45. The van der Waals surface area contributed by atoms with Crippen LogP contribution in [0.5, 0.6) is 0 Å². The van der Waals surface area contributed by atoms with Crippen LogP contribution in [-0.4, -0.2) is 10.4 Å². The van der Waals surface area contributed by atoms with Crippen LogP contribution in [0.3, 0.4) is 0 Å². The molecule has 0 amide bonds. The van der Waals surface area contributed by atoms with Gasteiger partial charge in [0.05, 0.1) is 5.69 Å². The van der Waals surface area contributed by atoms with Crippen LogP contribution in [-0.2, 0) is 7.05 Å². The fourth-order valence-corrected chi connectivity index (χ4v) is 1.94. The Kier molecular flexibility index (Phi) is 5.91. The maximum absolute atomic E-state index is 11.8. The molecule has 0 aliphatic rings. The van der Waals surface area contributed by atoms with Gasteiger partial charge in [0.25, 0.3) is 0 Å². The van der Waals surface area contributed by atoms with E-state index in [0.29, 0.717) is 6.42 Å². The predicted molar refractivity (Wildman–Crippen MR) is 67.7 cm³/mol. The number of ketones is 1. The summed E-state index contributed by atoms with van der Waals surface area (Å²) in [5.41, 5.74) is 0.841. The molecular weight excluding hydrogens is 198 g/mol. The largest absolute Gasteiger partial charge is 0.348 e. The Balaban J connectivity index is 2.14. The maximum atomic E-state index is 11.8. The molecule has 0 radical (unpaired) electrons. The van der Waals surface area contributed by atoms with Crippen LogP contribution in [0.15, 0.2) is 18.3 Å². The van der Waals surface area contributed by atoms with Crippen molar-refractivity contribution in [1.82, 2.24) is 4.57 Å². The smallest absolute Gasteiger partial charge is 0.179 e. The van der Waals surface area contributed by atoms with Crippen molar-refractivity contribution in [2.75, 3.05) is 0 Å². The monoisotopic (exact) mass is 221 g/mol. The molecule has 0 aliphatic carbocycles. The lowest BCUT2D eigenvalue weighted by Gasteiger charge is -2.02. The van der Waals surface area contributed by atoms with Crippen molar-refractivity contribution >= 4 is 5.78 Å². The first-order valence-corrected chi connectivity index (χ1v) is 6.40. The van der Waals surface area contributed by atoms with E-state index in [1.807, 2.05) is 29.9 Å². The molecule has 0 atom stereocenters. The first-order chi connectivity index (χ1) is 7.75. The second-order valence-electron chi connectivity index (χ2n) is 4.45. The molecule has 0 bridgehead atoms. The Morgan fingerprint density at radius 2 is 1.88 bits per heavy atom. The van der Waals surface area contributed by atoms with Crippen LogP contribution in [0.25, 0.3) is 0 Å². The third-order valence-electron chi connectivity index (χ3n) is 2.99. The molecule has 0 saturated heterocycles. The van der Waals surface area contributed by atoms with Crippen LogP contribution < -0.4 is 0 Å². The van der Waals surface area contributed by atoms with Gasteiger partial charge in [-0.15, -0.1) is 0 Å². The maximum Gasteiger partial charge on any atom is 0.179 e. The van der Waals surface area contributed by atoms with Gasteiger partial charge in [-0.1, -0.05) is 39.0 Å². The van der Waals surface area contributed by atoms with E-state index < -0.39 is 0 Å². The zero-order chi connectivity index (χ0) is 11.8. The van der Waals surface area contributed by atoms with Crippen molar-refractivity contribution in [2.45, 2.75) is 51.9 Å². The van der Waals surface area contributed by atoms with Crippen molar-refractivity contribution in [3.63, 3.8) is 0 Å². The minimum absolute atomic E-state index is 0.281. The number of rotatable bonds is 8. The zero-order valence-corrected chi connectivity index (χ0v) is 10.5. The summed E-state index contributed by atoms with van der Waals surface area (Å²) in [4.78, 5) is 11.8. The highest BCUT2D eigenvalue weighted by Crippen LogP contribution is 2.10. The molecule has 0 fully saturated rings. The average molecular weight is 221 g/mol. The summed E-state index contributed by atoms with van der Waals surface area (Å²) in [6.07, 6.45) is 10.0. The van der Waals surface area contributed by atoms with Gasteiger partial charge >= 0.3 is 0 Å². The summed E-state index contributed by atoms with van der Waals surface area (Å²) < 4.78 is 1.90. The lowest BCUT2D eigenvalue weighted by atomic mass is 10.1. The summed E-state index contributed by atoms with van der Waals surface area (Å²) in [6.45, 7) is 2.22. The van der Waals surface area contributed by atoms with Gasteiger partial charge in [-0.25, -0.2) is 0 Å². The van der Waals surface area contributed by atoms with Gasteiger partial charge < -0.3 is 4.57 Å². The van der Waals surface area contributed by atoms with Gasteiger partial charge in [0, 0.05) is 19.7 Å².